The zero-order valence-electron chi connectivity index (χ0n) is 14.9. The van der Waals surface area contributed by atoms with Crippen LogP contribution in [-0.4, -0.2) is 8.07 Å². The molecule has 1 heteroatoms. The molecule has 0 aliphatic heterocycles. The van der Waals surface area contributed by atoms with Crippen molar-refractivity contribution >= 4 is 14.1 Å². The first-order valence-corrected chi connectivity index (χ1v) is 11.9. The number of benzene rings is 1. The summed E-state index contributed by atoms with van der Waals surface area (Å²) in [5.41, 5.74) is 7.56. The molecule has 0 fully saturated rings. The van der Waals surface area contributed by atoms with Gasteiger partial charge in [-0.1, -0.05) is 94.7 Å². The highest BCUT2D eigenvalue weighted by Gasteiger charge is 2.08. The lowest BCUT2D eigenvalue weighted by Gasteiger charge is -2.08. The van der Waals surface area contributed by atoms with E-state index in [1.54, 1.807) is 0 Å². The van der Waals surface area contributed by atoms with Gasteiger partial charge < -0.3 is 0 Å². The van der Waals surface area contributed by atoms with Gasteiger partial charge in [0.15, 0.2) is 0 Å². The summed E-state index contributed by atoms with van der Waals surface area (Å²) in [4.78, 5) is 0. The van der Waals surface area contributed by atoms with Crippen LogP contribution in [0.15, 0.2) is 47.6 Å². The molecule has 0 aromatic heterocycles. The summed E-state index contributed by atoms with van der Waals surface area (Å²) < 4.78 is 0. The van der Waals surface area contributed by atoms with Crippen LogP contribution in [0.5, 0.6) is 0 Å². The zero-order chi connectivity index (χ0) is 16.4. The fraction of sp³-hybridized carbons (Fsp3) is 0.429. The van der Waals surface area contributed by atoms with E-state index in [2.05, 4.69) is 87.4 Å². The van der Waals surface area contributed by atoms with Gasteiger partial charge >= 0.3 is 0 Å². The lowest BCUT2D eigenvalue weighted by Crippen LogP contribution is -2.16. The molecule has 1 aromatic rings. The average molecular weight is 311 g/mol. The monoisotopic (exact) mass is 310 g/mol. The highest BCUT2D eigenvalue weighted by Crippen LogP contribution is 2.19. The largest absolute Gasteiger partial charge is 0.129 e. The minimum atomic E-state index is -1.32. The molecule has 1 aromatic carbocycles. The second kappa shape index (κ2) is 9.49. The van der Waals surface area contributed by atoms with E-state index in [4.69, 9.17) is 0 Å². The molecule has 0 atom stereocenters. The van der Waals surface area contributed by atoms with Gasteiger partial charge in [-0.15, -0.1) is 5.54 Å². The zero-order valence-corrected chi connectivity index (χ0v) is 15.9. The Labute approximate surface area is 138 Å². The molecule has 0 aliphatic rings. The molecule has 0 unspecified atom stereocenters. The molecule has 0 N–H and O–H groups in total. The van der Waals surface area contributed by atoms with Crippen molar-refractivity contribution in [3.05, 3.63) is 53.1 Å². The van der Waals surface area contributed by atoms with Gasteiger partial charge in [0.2, 0.25) is 0 Å². The highest BCUT2D eigenvalue weighted by atomic mass is 28.3. The molecule has 0 spiro atoms. The lowest BCUT2D eigenvalue weighted by atomic mass is 9.99. The average Bonchev–Trinajstić information content (AvgIpc) is 2.48. The van der Waals surface area contributed by atoms with E-state index in [-0.39, 0.29) is 0 Å². The minimum absolute atomic E-state index is 1.09. The van der Waals surface area contributed by atoms with Gasteiger partial charge in [-0.05, 0) is 24.0 Å². The predicted molar refractivity (Wildman–Crippen MR) is 103 cm³/mol. The summed E-state index contributed by atoms with van der Waals surface area (Å²) in [6, 6.07) is 10.5. The molecule has 0 saturated heterocycles. The van der Waals surface area contributed by atoms with Gasteiger partial charge in [-0.25, -0.2) is 0 Å². The molecule has 0 heterocycles. The van der Waals surface area contributed by atoms with E-state index in [9.17, 15) is 0 Å². The Bertz CT molecular complexity index is 559. The first-order chi connectivity index (χ1) is 10.5. The van der Waals surface area contributed by atoms with Crippen LogP contribution in [0.2, 0.25) is 19.6 Å². The third kappa shape index (κ3) is 7.48. The van der Waals surface area contributed by atoms with Crippen LogP contribution < -0.4 is 0 Å². The van der Waals surface area contributed by atoms with Crippen molar-refractivity contribution in [3.8, 4) is 11.5 Å². The van der Waals surface area contributed by atoms with E-state index < -0.39 is 8.07 Å². The first kappa shape index (κ1) is 18.5. The Hall–Kier alpha value is -1.52. The van der Waals surface area contributed by atoms with Crippen LogP contribution in [-0.2, 0) is 0 Å². The Morgan fingerprint density at radius 1 is 1.00 bits per heavy atom. The third-order valence-corrected chi connectivity index (χ3v) is 4.15. The molecule has 118 valence electrons. The van der Waals surface area contributed by atoms with Crippen molar-refractivity contribution in [2.45, 2.75) is 59.2 Å². The molecule has 0 nitrogen and oxygen atoms in total. The quantitative estimate of drug-likeness (QED) is 0.320. The minimum Gasteiger partial charge on any atom is -0.127 e. The van der Waals surface area contributed by atoms with Crippen molar-refractivity contribution in [3.63, 3.8) is 0 Å². The van der Waals surface area contributed by atoms with Crippen LogP contribution in [0.3, 0.4) is 0 Å². The van der Waals surface area contributed by atoms with Crippen LogP contribution in [0, 0.1) is 11.5 Å². The topological polar surface area (TPSA) is 0 Å². The maximum Gasteiger partial charge on any atom is 0.129 e. The number of rotatable bonds is 6. The van der Waals surface area contributed by atoms with Gasteiger partial charge in [0.25, 0.3) is 0 Å². The normalized spacial score (nSPS) is 12.8. The number of hydrogen-bond donors (Lipinski definition) is 0. The van der Waals surface area contributed by atoms with E-state index in [1.165, 1.54) is 16.7 Å². The predicted octanol–water partition coefficient (Wildman–Crippen LogP) is 6.48. The third-order valence-electron chi connectivity index (χ3n) is 3.27. The van der Waals surface area contributed by atoms with E-state index in [1.807, 2.05) is 0 Å². The Balaban J connectivity index is 3.13. The Kier molecular flexibility index (Phi) is 7.99. The fourth-order valence-corrected chi connectivity index (χ4v) is 2.71. The van der Waals surface area contributed by atoms with Crippen LogP contribution >= 0.6 is 0 Å². The second-order valence-electron chi connectivity index (χ2n) is 6.75. The molecule has 0 aliphatic carbocycles. The van der Waals surface area contributed by atoms with Gasteiger partial charge in [0.05, 0.1) is 0 Å². The summed E-state index contributed by atoms with van der Waals surface area (Å²) in [5.74, 6) is 3.52. The summed E-state index contributed by atoms with van der Waals surface area (Å²) >= 11 is 0. The number of allylic oxidation sites excluding steroid dienone is 3. The standard InChI is InChI=1S/C21H30Si/c1-6-11-20(16-15-19-13-9-8-10-14-19)21(12-7-2)17-18-22(3,4)5/h8-10,13-16H,6-7,11-12H2,1-5H3/b16-15+,21-20-. The SMILES string of the molecule is CCC/C(C#C[Si](C)(C)C)=C(/C=C/c1ccccc1)CCC. The maximum atomic E-state index is 3.54. The maximum absolute atomic E-state index is 3.54. The van der Waals surface area contributed by atoms with Gasteiger partial charge in [-0.3, -0.25) is 0 Å². The molecular weight excluding hydrogens is 280 g/mol. The van der Waals surface area contributed by atoms with Gasteiger partial charge in [0.1, 0.15) is 8.07 Å². The number of hydrogen-bond acceptors (Lipinski definition) is 0. The summed E-state index contributed by atoms with van der Waals surface area (Å²) in [5, 5.41) is 0. The molecule has 1 rings (SSSR count). The molecular formula is C21H30Si. The van der Waals surface area contributed by atoms with Crippen molar-refractivity contribution in [1.82, 2.24) is 0 Å². The van der Waals surface area contributed by atoms with Crippen molar-refractivity contribution in [1.29, 1.82) is 0 Å². The summed E-state index contributed by atoms with van der Waals surface area (Å²) in [6.07, 6.45) is 9.02. The summed E-state index contributed by atoms with van der Waals surface area (Å²) in [6.45, 7) is 11.4. The smallest absolute Gasteiger partial charge is 0.127 e. The lowest BCUT2D eigenvalue weighted by molar-refractivity contribution is 0.875. The Morgan fingerprint density at radius 3 is 2.18 bits per heavy atom. The van der Waals surface area contributed by atoms with Crippen molar-refractivity contribution in [2.75, 3.05) is 0 Å². The Morgan fingerprint density at radius 2 is 1.64 bits per heavy atom. The molecule has 0 bridgehead atoms. The van der Waals surface area contributed by atoms with Crippen molar-refractivity contribution in [2.24, 2.45) is 0 Å². The molecule has 0 saturated carbocycles. The van der Waals surface area contributed by atoms with Gasteiger partial charge in [0, 0.05) is 5.57 Å². The highest BCUT2D eigenvalue weighted by molar-refractivity contribution is 6.83. The molecule has 22 heavy (non-hydrogen) atoms. The molecule has 0 radical (unpaired) electrons. The van der Waals surface area contributed by atoms with E-state index >= 15 is 0 Å². The van der Waals surface area contributed by atoms with Crippen LogP contribution in [0.1, 0.15) is 45.1 Å². The van der Waals surface area contributed by atoms with Crippen LogP contribution in [0.4, 0.5) is 0 Å². The first-order valence-electron chi connectivity index (χ1n) is 8.44. The van der Waals surface area contributed by atoms with Gasteiger partial charge in [-0.2, -0.15) is 0 Å². The van der Waals surface area contributed by atoms with Crippen molar-refractivity contribution < 1.29 is 0 Å². The van der Waals surface area contributed by atoms with Crippen LogP contribution in [0.25, 0.3) is 6.08 Å². The van der Waals surface area contributed by atoms with E-state index in [0.717, 1.165) is 25.7 Å². The van der Waals surface area contributed by atoms with E-state index in [0.29, 0.717) is 0 Å². The summed E-state index contributed by atoms with van der Waals surface area (Å²) in [7, 11) is -1.32. The second-order valence-corrected chi connectivity index (χ2v) is 11.5. The molecule has 0 amide bonds. The fourth-order valence-electron chi connectivity index (χ4n) is 2.18.